The van der Waals surface area contributed by atoms with Crippen LogP contribution in [0, 0.1) is 0 Å². The quantitative estimate of drug-likeness (QED) is 0.753. The molecule has 2 nitrogen and oxygen atoms in total. The Balaban J connectivity index is 2.26. The maximum atomic E-state index is 5.75. The summed E-state index contributed by atoms with van der Waals surface area (Å²) in [6.07, 6.45) is 1.13. The first-order chi connectivity index (χ1) is 5.99. The highest BCUT2D eigenvalue weighted by atomic mass is 32.2. The molecular formula is C10H22N2S. The first-order valence-electron chi connectivity index (χ1n) is 5.11. The molecule has 1 saturated heterocycles. The maximum absolute atomic E-state index is 5.75. The topological polar surface area (TPSA) is 29.3 Å². The Morgan fingerprint density at radius 3 is 2.77 bits per heavy atom. The van der Waals surface area contributed by atoms with Crippen LogP contribution in [0.1, 0.15) is 27.2 Å². The van der Waals surface area contributed by atoms with E-state index in [0.717, 1.165) is 6.42 Å². The Morgan fingerprint density at radius 2 is 2.23 bits per heavy atom. The zero-order chi connectivity index (χ0) is 9.90. The molecule has 1 rings (SSSR count). The standard InChI is InChI=1S/C10H22N2S/c1-9(11)4-5-12-6-7-13-10(2,3)8-12/h9H,4-8,11H2,1-3H3. The summed E-state index contributed by atoms with van der Waals surface area (Å²) in [7, 11) is 0. The number of nitrogens with two attached hydrogens (primary N) is 1. The largest absolute Gasteiger partial charge is 0.328 e. The van der Waals surface area contributed by atoms with Crippen molar-refractivity contribution >= 4 is 11.8 Å². The second-order valence-corrected chi connectivity index (χ2v) is 6.45. The lowest BCUT2D eigenvalue weighted by molar-refractivity contribution is 0.252. The van der Waals surface area contributed by atoms with Crippen molar-refractivity contribution in [3.63, 3.8) is 0 Å². The van der Waals surface area contributed by atoms with Crippen molar-refractivity contribution in [3.8, 4) is 0 Å². The lowest BCUT2D eigenvalue weighted by Crippen LogP contribution is -2.44. The molecule has 0 saturated carbocycles. The van der Waals surface area contributed by atoms with E-state index in [1.165, 1.54) is 25.4 Å². The van der Waals surface area contributed by atoms with Gasteiger partial charge in [0.1, 0.15) is 0 Å². The van der Waals surface area contributed by atoms with E-state index in [9.17, 15) is 0 Å². The van der Waals surface area contributed by atoms with Crippen LogP contribution in [-0.4, -0.2) is 41.1 Å². The van der Waals surface area contributed by atoms with Crippen LogP contribution in [0.2, 0.25) is 0 Å². The van der Waals surface area contributed by atoms with Gasteiger partial charge in [-0.2, -0.15) is 11.8 Å². The molecule has 1 heterocycles. The Bertz CT molecular complexity index is 157. The van der Waals surface area contributed by atoms with E-state index >= 15 is 0 Å². The minimum Gasteiger partial charge on any atom is -0.328 e. The second kappa shape index (κ2) is 4.67. The molecule has 1 fully saturated rings. The minimum atomic E-state index is 0.345. The van der Waals surface area contributed by atoms with Crippen LogP contribution >= 0.6 is 11.8 Å². The van der Waals surface area contributed by atoms with Gasteiger partial charge in [-0.05, 0) is 33.7 Å². The van der Waals surface area contributed by atoms with Gasteiger partial charge >= 0.3 is 0 Å². The molecule has 1 atom stereocenters. The SMILES string of the molecule is CC(N)CCN1CCSC(C)(C)C1. The Hall–Kier alpha value is 0.270. The number of hydrogen-bond donors (Lipinski definition) is 1. The highest BCUT2D eigenvalue weighted by Gasteiger charge is 2.26. The zero-order valence-corrected chi connectivity index (χ0v) is 9.86. The van der Waals surface area contributed by atoms with Crippen molar-refractivity contribution in [1.82, 2.24) is 4.90 Å². The van der Waals surface area contributed by atoms with Crippen LogP contribution in [0.3, 0.4) is 0 Å². The third-order valence-electron chi connectivity index (χ3n) is 2.41. The van der Waals surface area contributed by atoms with Gasteiger partial charge < -0.3 is 10.6 Å². The third-order valence-corrected chi connectivity index (χ3v) is 3.70. The Labute approximate surface area is 86.2 Å². The van der Waals surface area contributed by atoms with Crippen LogP contribution < -0.4 is 5.73 Å². The molecule has 13 heavy (non-hydrogen) atoms. The predicted octanol–water partition coefficient (Wildman–Crippen LogP) is 1.55. The summed E-state index contributed by atoms with van der Waals surface area (Å²) in [5, 5.41) is 0. The molecular weight excluding hydrogens is 180 g/mol. The summed E-state index contributed by atoms with van der Waals surface area (Å²) in [6.45, 7) is 10.4. The van der Waals surface area contributed by atoms with Gasteiger partial charge in [-0.25, -0.2) is 0 Å². The van der Waals surface area contributed by atoms with Crippen molar-refractivity contribution in [2.75, 3.05) is 25.4 Å². The minimum absolute atomic E-state index is 0.345. The fourth-order valence-corrected chi connectivity index (χ4v) is 2.87. The van der Waals surface area contributed by atoms with Crippen LogP contribution in [0.4, 0.5) is 0 Å². The van der Waals surface area contributed by atoms with Crippen molar-refractivity contribution in [3.05, 3.63) is 0 Å². The lowest BCUT2D eigenvalue weighted by atomic mass is 10.1. The smallest absolute Gasteiger partial charge is 0.0231 e. The highest BCUT2D eigenvalue weighted by Crippen LogP contribution is 2.29. The Morgan fingerprint density at radius 1 is 1.54 bits per heavy atom. The van der Waals surface area contributed by atoms with Gasteiger partial charge in [0.15, 0.2) is 0 Å². The molecule has 3 heteroatoms. The van der Waals surface area contributed by atoms with Gasteiger partial charge in [-0.15, -0.1) is 0 Å². The molecule has 0 bridgehead atoms. The zero-order valence-electron chi connectivity index (χ0n) is 9.05. The maximum Gasteiger partial charge on any atom is 0.0231 e. The molecule has 0 aliphatic carbocycles. The fourth-order valence-electron chi connectivity index (χ4n) is 1.69. The van der Waals surface area contributed by atoms with Gasteiger partial charge in [0.25, 0.3) is 0 Å². The molecule has 0 aromatic carbocycles. The lowest BCUT2D eigenvalue weighted by Gasteiger charge is -2.37. The first kappa shape index (κ1) is 11.3. The van der Waals surface area contributed by atoms with Crippen LogP contribution in [0.15, 0.2) is 0 Å². The molecule has 1 aliphatic rings. The van der Waals surface area contributed by atoms with Gasteiger partial charge in [-0.3, -0.25) is 0 Å². The van der Waals surface area contributed by atoms with Gasteiger partial charge in [0.2, 0.25) is 0 Å². The van der Waals surface area contributed by atoms with E-state index in [2.05, 4.69) is 37.4 Å². The van der Waals surface area contributed by atoms with E-state index < -0.39 is 0 Å². The summed E-state index contributed by atoms with van der Waals surface area (Å²) in [5.74, 6) is 1.27. The van der Waals surface area contributed by atoms with Crippen molar-refractivity contribution in [1.29, 1.82) is 0 Å². The second-order valence-electron chi connectivity index (χ2n) is 4.65. The molecule has 1 unspecified atom stereocenters. The molecule has 2 N–H and O–H groups in total. The Kier molecular flexibility index (Phi) is 4.07. The fraction of sp³-hybridized carbons (Fsp3) is 1.00. The number of thioether (sulfide) groups is 1. The number of rotatable bonds is 3. The molecule has 0 amide bonds. The number of hydrogen-bond acceptors (Lipinski definition) is 3. The molecule has 0 aromatic rings. The van der Waals surface area contributed by atoms with E-state index in [4.69, 9.17) is 5.73 Å². The summed E-state index contributed by atoms with van der Waals surface area (Å²) >= 11 is 2.09. The van der Waals surface area contributed by atoms with Crippen molar-refractivity contribution in [2.45, 2.75) is 38.0 Å². The van der Waals surface area contributed by atoms with Gasteiger partial charge in [-0.1, -0.05) is 0 Å². The highest BCUT2D eigenvalue weighted by molar-refractivity contribution is 8.00. The summed E-state index contributed by atoms with van der Waals surface area (Å²) in [4.78, 5) is 2.54. The first-order valence-corrected chi connectivity index (χ1v) is 6.10. The monoisotopic (exact) mass is 202 g/mol. The van der Waals surface area contributed by atoms with E-state index in [0.29, 0.717) is 10.8 Å². The molecule has 0 spiro atoms. The third kappa shape index (κ3) is 4.34. The average molecular weight is 202 g/mol. The summed E-state index contributed by atoms with van der Waals surface area (Å²) in [5.41, 5.74) is 5.75. The normalized spacial score (nSPS) is 25.8. The van der Waals surface area contributed by atoms with E-state index in [1.54, 1.807) is 0 Å². The van der Waals surface area contributed by atoms with Gasteiger partial charge in [0.05, 0.1) is 0 Å². The van der Waals surface area contributed by atoms with Crippen molar-refractivity contribution in [2.24, 2.45) is 5.73 Å². The molecule has 0 aromatic heterocycles. The summed E-state index contributed by atoms with van der Waals surface area (Å²) in [6, 6.07) is 0.345. The van der Waals surface area contributed by atoms with Crippen LogP contribution in [0.25, 0.3) is 0 Å². The van der Waals surface area contributed by atoms with Gasteiger partial charge in [0, 0.05) is 29.6 Å². The summed E-state index contributed by atoms with van der Waals surface area (Å²) < 4.78 is 0.441. The molecule has 0 radical (unpaired) electrons. The molecule has 78 valence electrons. The number of nitrogens with zero attached hydrogens (tertiary/aromatic N) is 1. The van der Waals surface area contributed by atoms with Crippen LogP contribution in [0.5, 0.6) is 0 Å². The van der Waals surface area contributed by atoms with E-state index in [-0.39, 0.29) is 0 Å². The van der Waals surface area contributed by atoms with E-state index in [1.807, 2.05) is 0 Å². The molecule has 1 aliphatic heterocycles. The average Bonchev–Trinajstić information content (AvgIpc) is 1.99. The van der Waals surface area contributed by atoms with Crippen molar-refractivity contribution < 1.29 is 0 Å². The predicted molar refractivity (Wildman–Crippen MR) is 61.2 cm³/mol. The van der Waals surface area contributed by atoms with Crippen LogP contribution in [-0.2, 0) is 0 Å².